The molecular formula is C36H40Cl2N6O8. The molecule has 2 saturated carbocycles. The Labute approximate surface area is 310 Å². The van der Waals surface area contributed by atoms with Crippen LogP contribution in [0.1, 0.15) is 93.9 Å². The van der Waals surface area contributed by atoms with Crippen LogP contribution in [0.25, 0.3) is 11.6 Å². The second kappa shape index (κ2) is 15.4. The monoisotopic (exact) mass is 754 g/mol. The molecule has 4 aromatic heterocycles. The largest absolute Gasteiger partial charge is 0.478 e. The Morgan fingerprint density at radius 2 is 1.15 bits per heavy atom. The molecule has 0 amide bonds. The summed E-state index contributed by atoms with van der Waals surface area (Å²) in [5, 5.41) is 17.2. The SMILES string of the molecule is CC1(CC(=O)COc2ccn(-c3ccc(C(=O)O)c(Cl)n3)n2)CC1.CC1(CC(=O)COc2ccn(-c3ccc(C(=O)OC(C)(C)C)c(Cl)n3)n2)CC1. The van der Waals surface area contributed by atoms with E-state index in [0.29, 0.717) is 36.2 Å². The fourth-order valence-corrected chi connectivity index (χ4v) is 5.37. The van der Waals surface area contributed by atoms with E-state index in [1.807, 2.05) is 0 Å². The van der Waals surface area contributed by atoms with Gasteiger partial charge in [-0.15, -0.1) is 10.2 Å². The molecule has 4 heterocycles. The van der Waals surface area contributed by atoms with E-state index in [4.69, 9.17) is 42.5 Å². The molecule has 16 heteroatoms. The predicted molar refractivity (Wildman–Crippen MR) is 190 cm³/mol. The van der Waals surface area contributed by atoms with Crippen molar-refractivity contribution in [1.82, 2.24) is 29.5 Å². The number of pyridine rings is 2. The molecule has 52 heavy (non-hydrogen) atoms. The van der Waals surface area contributed by atoms with Crippen LogP contribution in [0.2, 0.25) is 10.3 Å². The predicted octanol–water partition coefficient (Wildman–Crippen LogP) is 6.77. The number of hydrogen-bond acceptors (Lipinski definition) is 11. The molecule has 2 fully saturated rings. The van der Waals surface area contributed by atoms with Crippen molar-refractivity contribution >= 4 is 46.7 Å². The lowest BCUT2D eigenvalue weighted by molar-refractivity contribution is -0.122. The molecule has 2 aliphatic rings. The van der Waals surface area contributed by atoms with Gasteiger partial charge in [0.25, 0.3) is 0 Å². The van der Waals surface area contributed by atoms with Crippen molar-refractivity contribution in [3.63, 3.8) is 0 Å². The number of Topliss-reactive ketones (excluding diaryl/α,β-unsaturated/α-hetero) is 2. The van der Waals surface area contributed by atoms with Crippen molar-refractivity contribution in [3.8, 4) is 23.4 Å². The highest BCUT2D eigenvalue weighted by Gasteiger charge is 2.39. The van der Waals surface area contributed by atoms with Crippen LogP contribution in [0.4, 0.5) is 0 Å². The first kappa shape index (κ1) is 38.4. The maximum absolute atomic E-state index is 12.2. The summed E-state index contributed by atoms with van der Waals surface area (Å²) in [7, 11) is 0. The van der Waals surface area contributed by atoms with Crippen LogP contribution in [-0.4, -0.2) is 77.0 Å². The van der Waals surface area contributed by atoms with Crippen molar-refractivity contribution < 1.29 is 38.5 Å². The first-order valence-corrected chi connectivity index (χ1v) is 17.4. The molecule has 4 aromatic rings. The second-order valence-corrected chi connectivity index (χ2v) is 15.4. The third kappa shape index (κ3) is 10.8. The number of hydrogen-bond donors (Lipinski definition) is 1. The Kier molecular flexibility index (Phi) is 11.4. The van der Waals surface area contributed by atoms with Gasteiger partial charge in [0.05, 0.1) is 11.1 Å². The number of aromatic carboxylic acids is 1. The fourth-order valence-electron chi connectivity index (χ4n) is 4.92. The molecular weight excluding hydrogens is 715 g/mol. The summed E-state index contributed by atoms with van der Waals surface area (Å²) < 4.78 is 19.1. The second-order valence-electron chi connectivity index (χ2n) is 14.6. The summed E-state index contributed by atoms with van der Waals surface area (Å²) in [6.07, 6.45) is 8.68. The molecule has 6 rings (SSSR count). The number of esters is 1. The number of ketones is 2. The molecule has 0 atom stereocenters. The van der Waals surface area contributed by atoms with Gasteiger partial charge in [-0.3, -0.25) is 9.59 Å². The Bertz CT molecular complexity index is 1980. The number of rotatable bonds is 14. The lowest BCUT2D eigenvalue weighted by Crippen LogP contribution is -2.24. The van der Waals surface area contributed by atoms with E-state index in [9.17, 15) is 19.2 Å². The first-order chi connectivity index (χ1) is 24.4. The van der Waals surface area contributed by atoms with Gasteiger partial charge >= 0.3 is 11.9 Å². The van der Waals surface area contributed by atoms with Gasteiger partial charge in [-0.2, -0.15) is 0 Å². The minimum Gasteiger partial charge on any atom is -0.478 e. The molecule has 0 aromatic carbocycles. The number of halogens is 2. The number of carboxylic acid groups (broad SMARTS) is 1. The molecule has 0 aliphatic heterocycles. The number of carbonyl (C=O) groups excluding carboxylic acids is 3. The lowest BCUT2D eigenvalue weighted by atomic mass is 10.0. The zero-order valence-electron chi connectivity index (χ0n) is 29.5. The summed E-state index contributed by atoms with van der Waals surface area (Å²) in [5.74, 6) is -0.169. The van der Waals surface area contributed by atoms with Crippen LogP contribution < -0.4 is 9.47 Å². The van der Waals surface area contributed by atoms with Gasteiger partial charge in [0.15, 0.2) is 23.2 Å². The Balaban J connectivity index is 0.000000203. The van der Waals surface area contributed by atoms with E-state index in [1.165, 1.54) is 21.5 Å². The van der Waals surface area contributed by atoms with Gasteiger partial charge in [0.1, 0.15) is 29.1 Å². The maximum Gasteiger partial charge on any atom is 0.341 e. The Morgan fingerprint density at radius 1 is 0.731 bits per heavy atom. The van der Waals surface area contributed by atoms with Crippen LogP contribution in [0.3, 0.4) is 0 Å². The lowest BCUT2D eigenvalue weighted by Gasteiger charge is -2.19. The van der Waals surface area contributed by atoms with Crippen molar-refractivity contribution in [2.45, 2.75) is 78.7 Å². The highest BCUT2D eigenvalue weighted by Crippen LogP contribution is 2.48. The van der Waals surface area contributed by atoms with Gasteiger partial charge in [-0.1, -0.05) is 37.0 Å². The van der Waals surface area contributed by atoms with Crippen LogP contribution >= 0.6 is 23.2 Å². The molecule has 0 saturated heterocycles. The fraction of sp³-hybridized carbons (Fsp3) is 0.444. The zero-order valence-corrected chi connectivity index (χ0v) is 31.0. The van der Waals surface area contributed by atoms with Gasteiger partial charge in [-0.25, -0.2) is 28.9 Å². The molecule has 0 spiro atoms. The van der Waals surface area contributed by atoms with E-state index in [2.05, 4.69) is 34.0 Å². The third-order valence-electron chi connectivity index (χ3n) is 8.33. The van der Waals surface area contributed by atoms with Crippen molar-refractivity contribution in [3.05, 3.63) is 70.2 Å². The van der Waals surface area contributed by atoms with Gasteiger partial charge in [0, 0.05) is 37.4 Å². The van der Waals surface area contributed by atoms with E-state index >= 15 is 0 Å². The Hall–Kier alpha value is -4.82. The molecule has 1 N–H and O–H groups in total. The highest BCUT2D eigenvalue weighted by molar-refractivity contribution is 6.32. The number of carbonyl (C=O) groups is 4. The first-order valence-electron chi connectivity index (χ1n) is 16.6. The average Bonchev–Trinajstić information content (AvgIpc) is 3.80. The van der Waals surface area contributed by atoms with E-state index in [-0.39, 0.29) is 57.0 Å². The van der Waals surface area contributed by atoms with Crippen LogP contribution in [0.15, 0.2) is 48.8 Å². The molecule has 276 valence electrons. The summed E-state index contributed by atoms with van der Waals surface area (Å²) in [6.45, 7) is 9.52. The van der Waals surface area contributed by atoms with E-state index in [1.54, 1.807) is 57.4 Å². The van der Waals surface area contributed by atoms with Crippen molar-refractivity contribution in [1.29, 1.82) is 0 Å². The summed E-state index contributed by atoms with van der Waals surface area (Å²) in [5.41, 5.74) is -0.198. The summed E-state index contributed by atoms with van der Waals surface area (Å²) >= 11 is 12.0. The minimum atomic E-state index is -1.15. The summed E-state index contributed by atoms with van der Waals surface area (Å²) in [4.78, 5) is 55.1. The van der Waals surface area contributed by atoms with Crippen LogP contribution in [0.5, 0.6) is 11.8 Å². The van der Waals surface area contributed by atoms with E-state index < -0.39 is 17.5 Å². The van der Waals surface area contributed by atoms with Gasteiger partial charge in [-0.05, 0) is 81.5 Å². The smallest absolute Gasteiger partial charge is 0.341 e. The van der Waals surface area contributed by atoms with Gasteiger partial charge in [0.2, 0.25) is 11.8 Å². The summed E-state index contributed by atoms with van der Waals surface area (Å²) in [6, 6.07) is 9.25. The molecule has 2 aliphatic carbocycles. The number of carboxylic acids is 1. The molecule has 0 bridgehead atoms. The quantitative estimate of drug-likeness (QED) is 0.106. The number of aromatic nitrogens is 6. The van der Waals surface area contributed by atoms with Crippen molar-refractivity contribution in [2.24, 2.45) is 10.8 Å². The minimum absolute atomic E-state index is 0.00162. The molecule has 0 unspecified atom stereocenters. The topological polar surface area (TPSA) is 178 Å². The normalized spacial score (nSPS) is 15.1. The van der Waals surface area contributed by atoms with Gasteiger partial charge < -0.3 is 19.3 Å². The maximum atomic E-state index is 12.2. The van der Waals surface area contributed by atoms with Crippen LogP contribution in [-0.2, 0) is 14.3 Å². The number of ether oxygens (including phenoxy) is 3. The molecule has 14 nitrogen and oxygen atoms in total. The number of nitrogens with zero attached hydrogens (tertiary/aromatic N) is 6. The third-order valence-corrected chi connectivity index (χ3v) is 8.91. The Morgan fingerprint density at radius 3 is 1.52 bits per heavy atom. The van der Waals surface area contributed by atoms with Crippen molar-refractivity contribution in [2.75, 3.05) is 13.2 Å². The zero-order chi connectivity index (χ0) is 37.8. The highest BCUT2D eigenvalue weighted by atomic mass is 35.5. The average molecular weight is 756 g/mol. The van der Waals surface area contributed by atoms with E-state index in [0.717, 1.165) is 25.7 Å². The molecule has 0 radical (unpaired) electrons. The standard InChI is InChI=1S/C20H24ClN3O4.C16H16ClN3O4/c1-19(2,3)28-18(26)14-5-6-15(22-17(14)21)24-10-7-16(23-24)27-12-13(25)11-20(4)8-9-20;1-16(5-6-16)8-10(21)9-24-13-4-7-20(19-13)12-3-2-11(15(22)23)14(17)18-12/h5-7,10H,8-9,11-12H2,1-4H3;2-4,7H,5-6,8-9H2,1H3,(H,22,23). The van der Waals surface area contributed by atoms with Crippen LogP contribution in [0, 0.1) is 10.8 Å².